The van der Waals surface area contributed by atoms with Crippen LogP contribution in [0.5, 0.6) is 0 Å². The van der Waals surface area contributed by atoms with Gasteiger partial charge in [-0.1, -0.05) is 19.8 Å². The van der Waals surface area contributed by atoms with Gasteiger partial charge in [-0.2, -0.15) is 0 Å². The van der Waals surface area contributed by atoms with Crippen molar-refractivity contribution >= 4 is 11.9 Å². The fourth-order valence-electron chi connectivity index (χ4n) is 2.75. The minimum absolute atomic E-state index is 0.00385. The number of ether oxygens (including phenoxy) is 1. The molecule has 0 bridgehead atoms. The summed E-state index contributed by atoms with van der Waals surface area (Å²) in [6.07, 6.45) is 4.92. The van der Waals surface area contributed by atoms with Crippen molar-refractivity contribution in [3.8, 4) is 0 Å². The zero-order chi connectivity index (χ0) is 15.7. The lowest BCUT2D eigenvalue weighted by Gasteiger charge is -2.17. The first kappa shape index (κ1) is 17.9. The molecule has 1 saturated heterocycles. The topological polar surface area (TPSA) is 102 Å². The summed E-state index contributed by atoms with van der Waals surface area (Å²) < 4.78 is 5.54. The molecule has 4 N–H and O–H groups in total. The zero-order valence-electron chi connectivity index (χ0n) is 12.8. The first-order valence-electron chi connectivity index (χ1n) is 7.91. The van der Waals surface area contributed by atoms with E-state index in [1.54, 1.807) is 0 Å². The Kier molecular flexibility index (Phi) is 8.30. The largest absolute Gasteiger partial charge is 0.481 e. The van der Waals surface area contributed by atoms with Gasteiger partial charge in [0, 0.05) is 19.5 Å². The number of carboxylic acid groups (broad SMARTS) is 1. The van der Waals surface area contributed by atoms with Crippen LogP contribution < -0.4 is 11.1 Å². The Labute approximate surface area is 126 Å². The number of nitrogens with one attached hydrogen (secondary N) is 1. The van der Waals surface area contributed by atoms with Crippen LogP contribution in [0.2, 0.25) is 0 Å². The van der Waals surface area contributed by atoms with Crippen LogP contribution in [-0.2, 0) is 14.3 Å². The van der Waals surface area contributed by atoms with Gasteiger partial charge >= 0.3 is 5.97 Å². The molecule has 3 unspecified atom stereocenters. The third-order valence-electron chi connectivity index (χ3n) is 3.98. The van der Waals surface area contributed by atoms with Crippen molar-refractivity contribution < 1.29 is 19.4 Å². The van der Waals surface area contributed by atoms with E-state index in [0.29, 0.717) is 25.4 Å². The molecule has 0 aromatic carbocycles. The Hall–Kier alpha value is -1.14. The van der Waals surface area contributed by atoms with E-state index < -0.39 is 5.97 Å². The molecule has 0 aliphatic carbocycles. The second kappa shape index (κ2) is 9.73. The summed E-state index contributed by atoms with van der Waals surface area (Å²) >= 11 is 0. The number of amides is 1. The van der Waals surface area contributed by atoms with Gasteiger partial charge in [0.2, 0.25) is 5.91 Å². The summed E-state index contributed by atoms with van der Waals surface area (Å²) in [7, 11) is 0. The van der Waals surface area contributed by atoms with E-state index in [9.17, 15) is 9.59 Å². The summed E-state index contributed by atoms with van der Waals surface area (Å²) in [6, 6.07) is 0. The van der Waals surface area contributed by atoms with Gasteiger partial charge in [0.05, 0.1) is 6.10 Å². The van der Waals surface area contributed by atoms with E-state index >= 15 is 0 Å². The van der Waals surface area contributed by atoms with Crippen LogP contribution in [0.3, 0.4) is 0 Å². The van der Waals surface area contributed by atoms with Crippen LogP contribution in [0.25, 0.3) is 0 Å². The summed E-state index contributed by atoms with van der Waals surface area (Å²) in [5, 5.41) is 11.6. The molecule has 6 heteroatoms. The first-order valence-corrected chi connectivity index (χ1v) is 7.91. The number of hydrogen-bond donors (Lipinski definition) is 3. The number of carbonyl (C=O) groups excluding carboxylic acids is 1. The first-order chi connectivity index (χ1) is 10.1. The lowest BCUT2D eigenvalue weighted by Crippen LogP contribution is -2.36. The second-order valence-electron chi connectivity index (χ2n) is 5.73. The maximum atomic E-state index is 11.9. The van der Waals surface area contributed by atoms with Crippen LogP contribution in [0.15, 0.2) is 0 Å². The fourth-order valence-corrected chi connectivity index (χ4v) is 2.75. The Balaban J connectivity index is 2.23. The Morgan fingerprint density at radius 1 is 1.33 bits per heavy atom. The van der Waals surface area contributed by atoms with Crippen molar-refractivity contribution in [1.82, 2.24) is 5.32 Å². The average molecular weight is 300 g/mol. The van der Waals surface area contributed by atoms with E-state index in [4.69, 9.17) is 15.6 Å². The maximum Gasteiger partial charge on any atom is 0.303 e. The molecule has 1 fully saturated rings. The average Bonchev–Trinajstić information content (AvgIpc) is 2.93. The third kappa shape index (κ3) is 6.91. The molecule has 1 aliphatic heterocycles. The summed E-state index contributed by atoms with van der Waals surface area (Å²) in [5.74, 6) is -0.473. The van der Waals surface area contributed by atoms with E-state index in [2.05, 4.69) is 12.2 Å². The molecule has 0 spiro atoms. The van der Waals surface area contributed by atoms with Crippen molar-refractivity contribution in [1.29, 1.82) is 0 Å². The van der Waals surface area contributed by atoms with Gasteiger partial charge in [-0.05, 0) is 31.6 Å². The predicted molar refractivity (Wildman–Crippen MR) is 79.8 cm³/mol. The number of aliphatic carboxylic acids is 1. The van der Waals surface area contributed by atoms with Gasteiger partial charge in [-0.25, -0.2) is 0 Å². The Morgan fingerprint density at radius 2 is 2.10 bits per heavy atom. The number of nitrogens with two attached hydrogens (primary N) is 1. The van der Waals surface area contributed by atoms with Crippen LogP contribution in [0, 0.1) is 5.92 Å². The normalized spacial score (nSPS) is 23.0. The predicted octanol–water partition coefficient (Wildman–Crippen LogP) is 1.28. The highest BCUT2D eigenvalue weighted by atomic mass is 16.5. The van der Waals surface area contributed by atoms with Gasteiger partial charge < -0.3 is 20.9 Å². The van der Waals surface area contributed by atoms with Gasteiger partial charge in [0.25, 0.3) is 0 Å². The zero-order valence-corrected chi connectivity index (χ0v) is 12.8. The SMILES string of the molecule is CCCC(CCNC(=O)C1CCC(CN)O1)CCC(=O)O. The fraction of sp³-hybridized carbons (Fsp3) is 0.867. The van der Waals surface area contributed by atoms with E-state index in [1.165, 1.54) is 0 Å². The third-order valence-corrected chi connectivity index (χ3v) is 3.98. The lowest BCUT2D eigenvalue weighted by atomic mass is 9.94. The molecule has 0 saturated carbocycles. The van der Waals surface area contributed by atoms with Gasteiger partial charge in [-0.15, -0.1) is 0 Å². The lowest BCUT2D eigenvalue weighted by molar-refractivity contribution is -0.137. The monoisotopic (exact) mass is 300 g/mol. The molecule has 122 valence electrons. The highest BCUT2D eigenvalue weighted by Gasteiger charge is 2.29. The highest BCUT2D eigenvalue weighted by molar-refractivity contribution is 5.80. The molecule has 21 heavy (non-hydrogen) atoms. The number of carbonyl (C=O) groups is 2. The summed E-state index contributed by atoms with van der Waals surface area (Å²) in [4.78, 5) is 22.6. The molecular formula is C15H28N2O4. The van der Waals surface area contributed by atoms with Crippen molar-refractivity contribution in [2.75, 3.05) is 13.1 Å². The number of rotatable bonds is 10. The molecule has 6 nitrogen and oxygen atoms in total. The second-order valence-corrected chi connectivity index (χ2v) is 5.73. The van der Waals surface area contributed by atoms with E-state index in [-0.39, 0.29) is 24.5 Å². The molecule has 0 aromatic rings. The standard InChI is InChI=1S/C15H28N2O4/c1-2-3-11(4-7-14(18)19)8-9-17-15(20)13-6-5-12(10-16)21-13/h11-13H,2-10,16H2,1H3,(H,17,20)(H,18,19). The molecule has 0 radical (unpaired) electrons. The summed E-state index contributed by atoms with van der Waals surface area (Å²) in [5.41, 5.74) is 5.52. The van der Waals surface area contributed by atoms with Gasteiger partial charge in [0.1, 0.15) is 6.10 Å². The summed E-state index contributed by atoms with van der Waals surface area (Å²) in [6.45, 7) is 3.12. The van der Waals surface area contributed by atoms with E-state index in [1.807, 2.05) is 0 Å². The highest BCUT2D eigenvalue weighted by Crippen LogP contribution is 2.20. The Morgan fingerprint density at radius 3 is 2.67 bits per heavy atom. The van der Waals surface area contributed by atoms with Crippen molar-refractivity contribution in [2.45, 2.75) is 64.1 Å². The molecule has 1 aliphatic rings. The minimum Gasteiger partial charge on any atom is -0.481 e. The molecular weight excluding hydrogens is 272 g/mol. The van der Waals surface area contributed by atoms with Crippen LogP contribution >= 0.6 is 0 Å². The van der Waals surface area contributed by atoms with Gasteiger partial charge in [0.15, 0.2) is 0 Å². The smallest absolute Gasteiger partial charge is 0.303 e. The van der Waals surface area contributed by atoms with Crippen LogP contribution in [-0.4, -0.2) is 42.3 Å². The van der Waals surface area contributed by atoms with Crippen LogP contribution in [0.4, 0.5) is 0 Å². The number of carboxylic acids is 1. The number of hydrogen-bond acceptors (Lipinski definition) is 4. The van der Waals surface area contributed by atoms with Crippen molar-refractivity contribution in [2.24, 2.45) is 11.7 Å². The van der Waals surface area contributed by atoms with Crippen molar-refractivity contribution in [3.63, 3.8) is 0 Å². The molecule has 1 rings (SSSR count). The van der Waals surface area contributed by atoms with Crippen molar-refractivity contribution in [3.05, 3.63) is 0 Å². The quantitative estimate of drug-likeness (QED) is 0.564. The van der Waals surface area contributed by atoms with E-state index in [0.717, 1.165) is 32.1 Å². The molecule has 1 amide bonds. The molecule has 3 atom stereocenters. The molecule has 0 aromatic heterocycles. The Bertz CT molecular complexity index is 336. The minimum atomic E-state index is -0.757. The van der Waals surface area contributed by atoms with Gasteiger partial charge in [-0.3, -0.25) is 9.59 Å². The molecule has 1 heterocycles. The maximum absolute atomic E-state index is 11.9. The van der Waals surface area contributed by atoms with Crippen LogP contribution in [0.1, 0.15) is 51.9 Å².